The lowest BCUT2D eigenvalue weighted by Crippen LogP contribution is -2.27. The Morgan fingerprint density at radius 1 is 1.10 bits per heavy atom. The summed E-state index contributed by atoms with van der Waals surface area (Å²) in [5, 5.41) is 3.52. The summed E-state index contributed by atoms with van der Waals surface area (Å²) in [4.78, 5) is 27.0. The van der Waals surface area contributed by atoms with Gasteiger partial charge in [0.15, 0.2) is 0 Å². The van der Waals surface area contributed by atoms with Gasteiger partial charge in [-0.3, -0.25) is 14.5 Å². The van der Waals surface area contributed by atoms with Crippen LogP contribution in [0.2, 0.25) is 10.0 Å². The van der Waals surface area contributed by atoms with Gasteiger partial charge < -0.3 is 5.32 Å². The van der Waals surface area contributed by atoms with E-state index in [1.807, 2.05) is 41.3 Å². The minimum atomic E-state index is -0.308. The maximum atomic E-state index is 12.6. The first-order chi connectivity index (χ1) is 15.0. The van der Waals surface area contributed by atoms with Gasteiger partial charge in [-0.25, -0.2) is 0 Å². The van der Waals surface area contributed by atoms with Crippen LogP contribution < -0.4 is 10.2 Å². The quantitative estimate of drug-likeness (QED) is 0.457. The smallest absolute Gasteiger partial charge is 0.257 e. The Balaban J connectivity index is 1.53. The molecule has 2 amide bonds. The molecule has 4 rings (SSSR count). The number of hydrogen-bond donors (Lipinski definition) is 1. The first kappa shape index (κ1) is 21.8. The molecular formula is C24H20Cl2N2O2S. The fourth-order valence-corrected chi connectivity index (χ4v) is 5.15. The van der Waals surface area contributed by atoms with Crippen LogP contribution in [0, 0.1) is 0 Å². The number of hydrogen-bond acceptors (Lipinski definition) is 3. The van der Waals surface area contributed by atoms with Gasteiger partial charge in [-0.1, -0.05) is 54.4 Å². The summed E-state index contributed by atoms with van der Waals surface area (Å²) < 4.78 is 0. The molecule has 3 aromatic carbocycles. The van der Waals surface area contributed by atoms with Crippen LogP contribution in [0.1, 0.15) is 33.8 Å². The van der Waals surface area contributed by atoms with Gasteiger partial charge in [0.2, 0.25) is 5.91 Å². The molecule has 1 N–H and O–H groups in total. The maximum Gasteiger partial charge on any atom is 0.257 e. The zero-order chi connectivity index (χ0) is 22.0. The highest BCUT2D eigenvalue weighted by Gasteiger charge is 2.34. The number of carbonyl (C=O) groups excluding carboxylic acids is 2. The third kappa shape index (κ3) is 4.74. The van der Waals surface area contributed by atoms with Crippen molar-refractivity contribution in [2.75, 3.05) is 16.0 Å². The Hall–Kier alpha value is -2.47. The lowest BCUT2D eigenvalue weighted by Gasteiger charge is -2.25. The zero-order valence-electron chi connectivity index (χ0n) is 16.8. The van der Waals surface area contributed by atoms with Crippen LogP contribution in [-0.2, 0) is 11.2 Å². The molecule has 158 valence electrons. The van der Waals surface area contributed by atoms with E-state index in [9.17, 15) is 9.59 Å². The van der Waals surface area contributed by atoms with Crippen molar-refractivity contribution in [2.45, 2.75) is 18.7 Å². The molecule has 3 aromatic rings. The van der Waals surface area contributed by atoms with Crippen molar-refractivity contribution in [1.29, 1.82) is 0 Å². The highest BCUT2D eigenvalue weighted by atomic mass is 35.5. The fraction of sp³-hybridized carbons (Fsp3) is 0.167. The molecule has 1 saturated heterocycles. The number of rotatable bonds is 5. The van der Waals surface area contributed by atoms with Crippen LogP contribution in [-0.4, -0.2) is 17.6 Å². The summed E-state index contributed by atoms with van der Waals surface area (Å²) in [6.45, 7) is 2.10. The molecule has 1 heterocycles. The van der Waals surface area contributed by atoms with Gasteiger partial charge in [0.05, 0.1) is 16.3 Å². The Bertz CT molecular complexity index is 1130. The van der Waals surface area contributed by atoms with Gasteiger partial charge in [0, 0.05) is 16.4 Å². The summed E-state index contributed by atoms with van der Waals surface area (Å²) in [6.07, 6.45) is 0.916. The van der Waals surface area contributed by atoms with Crippen LogP contribution in [0.25, 0.3) is 0 Å². The second-order valence-corrected chi connectivity index (χ2v) is 9.06. The Labute approximate surface area is 195 Å². The molecule has 0 spiro atoms. The van der Waals surface area contributed by atoms with E-state index in [-0.39, 0.29) is 17.2 Å². The predicted molar refractivity (Wildman–Crippen MR) is 129 cm³/mol. The van der Waals surface area contributed by atoms with Crippen molar-refractivity contribution in [3.63, 3.8) is 0 Å². The van der Waals surface area contributed by atoms with Crippen molar-refractivity contribution in [2.24, 2.45) is 0 Å². The van der Waals surface area contributed by atoms with Crippen LogP contribution in [0.15, 0.2) is 66.7 Å². The zero-order valence-corrected chi connectivity index (χ0v) is 19.1. The second kappa shape index (κ2) is 9.35. The lowest BCUT2D eigenvalue weighted by atomic mass is 10.1. The Morgan fingerprint density at radius 3 is 2.58 bits per heavy atom. The summed E-state index contributed by atoms with van der Waals surface area (Å²) in [5.74, 6) is 0.227. The molecular weight excluding hydrogens is 451 g/mol. The van der Waals surface area contributed by atoms with E-state index >= 15 is 0 Å². The summed E-state index contributed by atoms with van der Waals surface area (Å²) in [5.41, 5.74) is 4.11. The molecule has 0 aromatic heterocycles. The second-order valence-electron chi connectivity index (χ2n) is 7.15. The number of carbonyl (C=O) groups is 2. The van der Waals surface area contributed by atoms with Gasteiger partial charge in [-0.15, -0.1) is 11.8 Å². The third-order valence-electron chi connectivity index (χ3n) is 5.09. The van der Waals surface area contributed by atoms with Crippen molar-refractivity contribution >= 4 is 58.2 Å². The van der Waals surface area contributed by atoms with Crippen molar-refractivity contribution in [3.05, 3.63) is 93.5 Å². The first-order valence-corrected chi connectivity index (χ1v) is 11.7. The van der Waals surface area contributed by atoms with E-state index in [0.717, 1.165) is 17.7 Å². The molecule has 0 aliphatic carbocycles. The van der Waals surface area contributed by atoms with E-state index in [1.165, 1.54) is 11.6 Å². The van der Waals surface area contributed by atoms with Gasteiger partial charge in [0.25, 0.3) is 5.91 Å². The molecule has 1 atom stereocenters. The number of halogens is 2. The van der Waals surface area contributed by atoms with E-state index in [1.54, 1.807) is 23.9 Å². The van der Waals surface area contributed by atoms with Crippen LogP contribution in [0.3, 0.4) is 0 Å². The summed E-state index contributed by atoms with van der Waals surface area (Å²) in [7, 11) is 0. The van der Waals surface area contributed by atoms with Gasteiger partial charge in [0.1, 0.15) is 5.37 Å². The van der Waals surface area contributed by atoms with E-state index in [4.69, 9.17) is 23.2 Å². The number of nitrogens with zero attached hydrogens (tertiary/aromatic N) is 1. The normalized spacial score (nSPS) is 15.9. The van der Waals surface area contributed by atoms with Crippen LogP contribution in [0.4, 0.5) is 11.4 Å². The van der Waals surface area contributed by atoms with E-state index in [0.29, 0.717) is 27.0 Å². The average Bonchev–Trinajstić information content (AvgIpc) is 3.15. The first-order valence-electron chi connectivity index (χ1n) is 9.85. The van der Waals surface area contributed by atoms with Crippen molar-refractivity contribution in [3.8, 4) is 0 Å². The molecule has 7 heteroatoms. The predicted octanol–water partition coefficient (Wildman–Crippen LogP) is 6.59. The molecule has 4 nitrogen and oxygen atoms in total. The van der Waals surface area contributed by atoms with Crippen molar-refractivity contribution < 1.29 is 9.59 Å². The highest BCUT2D eigenvalue weighted by molar-refractivity contribution is 8.00. The van der Waals surface area contributed by atoms with Gasteiger partial charge in [-0.2, -0.15) is 0 Å². The summed E-state index contributed by atoms with van der Waals surface area (Å²) >= 11 is 13.6. The van der Waals surface area contributed by atoms with E-state index in [2.05, 4.69) is 24.4 Å². The fourth-order valence-electron chi connectivity index (χ4n) is 3.48. The van der Waals surface area contributed by atoms with Crippen LogP contribution >= 0.6 is 35.0 Å². The number of amides is 2. The third-order valence-corrected chi connectivity index (χ3v) is 6.85. The highest BCUT2D eigenvalue weighted by Crippen LogP contribution is 2.42. The summed E-state index contributed by atoms with van der Waals surface area (Å²) in [6, 6.07) is 20.4. The number of aryl methyl sites for hydroxylation is 1. The topological polar surface area (TPSA) is 49.4 Å². The SMILES string of the molecule is CCc1cccc(N2C(=O)CS[C@H]2c2ccc(NC(=O)c3ccc(Cl)cc3Cl)cc2)c1. The minimum Gasteiger partial charge on any atom is -0.322 e. The Kier molecular flexibility index (Phi) is 6.56. The lowest BCUT2D eigenvalue weighted by molar-refractivity contribution is -0.115. The number of nitrogens with one attached hydrogen (secondary N) is 1. The van der Waals surface area contributed by atoms with Crippen LogP contribution in [0.5, 0.6) is 0 Å². The van der Waals surface area contributed by atoms with Crippen molar-refractivity contribution in [1.82, 2.24) is 0 Å². The molecule has 1 fully saturated rings. The Morgan fingerprint density at radius 2 is 1.87 bits per heavy atom. The van der Waals surface area contributed by atoms with Gasteiger partial charge in [-0.05, 0) is 60.0 Å². The number of thioether (sulfide) groups is 1. The molecule has 31 heavy (non-hydrogen) atoms. The monoisotopic (exact) mass is 470 g/mol. The minimum absolute atomic E-state index is 0.0954. The number of benzene rings is 3. The molecule has 0 saturated carbocycles. The molecule has 0 bridgehead atoms. The molecule has 1 aliphatic rings. The van der Waals surface area contributed by atoms with E-state index < -0.39 is 0 Å². The molecule has 1 aliphatic heterocycles. The largest absolute Gasteiger partial charge is 0.322 e. The average molecular weight is 471 g/mol. The molecule has 0 unspecified atom stereocenters. The standard InChI is InChI=1S/C24H20Cl2N2O2S/c1-2-15-4-3-5-19(12-15)28-22(29)14-31-24(28)16-6-9-18(10-7-16)27-23(30)20-11-8-17(25)13-21(20)26/h3-13,24H,2,14H2,1H3,(H,27,30)/t24-/m0/s1. The van der Waals surface area contributed by atoms with Gasteiger partial charge >= 0.3 is 0 Å². The maximum absolute atomic E-state index is 12.6. The molecule has 0 radical (unpaired) electrons. The number of anilines is 2.